The zero-order valence-corrected chi connectivity index (χ0v) is 12.5. The van der Waals surface area contributed by atoms with Gasteiger partial charge in [-0.3, -0.25) is 4.79 Å². The molecule has 0 N–H and O–H groups in total. The summed E-state index contributed by atoms with van der Waals surface area (Å²) in [7, 11) is 0. The summed E-state index contributed by atoms with van der Waals surface area (Å²) in [4.78, 5) is 14.6. The van der Waals surface area contributed by atoms with Crippen LogP contribution in [-0.4, -0.2) is 6.54 Å². The van der Waals surface area contributed by atoms with Crippen LogP contribution in [0.25, 0.3) is 11.0 Å². The van der Waals surface area contributed by atoms with Gasteiger partial charge >= 0.3 is 0 Å². The van der Waals surface area contributed by atoms with Crippen molar-refractivity contribution in [3.05, 3.63) is 75.6 Å². The lowest BCUT2D eigenvalue weighted by Gasteiger charge is -2.31. The average molecular weight is 291 g/mol. The molecule has 3 nitrogen and oxygen atoms in total. The number of benzene rings is 2. The molecule has 22 heavy (non-hydrogen) atoms. The predicted octanol–water partition coefficient (Wildman–Crippen LogP) is 3.66. The van der Waals surface area contributed by atoms with E-state index in [1.54, 1.807) is 0 Å². The summed E-state index contributed by atoms with van der Waals surface area (Å²) in [6.07, 6.45) is 2.48. The van der Waals surface area contributed by atoms with Crippen molar-refractivity contribution in [3.63, 3.8) is 0 Å². The summed E-state index contributed by atoms with van der Waals surface area (Å²) >= 11 is 0. The summed E-state index contributed by atoms with van der Waals surface area (Å²) in [6.45, 7) is 3.79. The van der Waals surface area contributed by atoms with Gasteiger partial charge in [-0.15, -0.1) is 0 Å². The van der Waals surface area contributed by atoms with Crippen LogP contribution in [0.4, 0.5) is 5.69 Å². The average Bonchev–Trinajstić information content (AvgIpc) is 2.53. The number of aryl methyl sites for hydroxylation is 1. The minimum absolute atomic E-state index is 0.0232. The molecule has 0 atom stereocenters. The van der Waals surface area contributed by atoms with E-state index in [1.165, 1.54) is 23.5 Å². The molecule has 0 fully saturated rings. The van der Waals surface area contributed by atoms with E-state index in [-0.39, 0.29) is 5.43 Å². The van der Waals surface area contributed by atoms with E-state index in [0.29, 0.717) is 11.0 Å². The molecule has 3 heteroatoms. The predicted molar refractivity (Wildman–Crippen MR) is 88.4 cm³/mol. The van der Waals surface area contributed by atoms with Crippen molar-refractivity contribution >= 4 is 16.7 Å². The Kier molecular flexibility index (Phi) is 3.00. The van der Waals surface area contributed by atoms with Gasteiger partial charge in [0.1, 0.15) is 5.58 Å². The fourth-order valence-electron chi connectivity index (χ4n) is 3.28. The molecule has 0 saturated carbocycles. The lowest BCUT2D eigenvalue weighted by atomic mass is 9.98. The van der Waals surface area contributed by atoms with Crippen LogP contribution >= 0.6 is 0 Å². The van der Waals surface area contributed by atoms with E-state index < -0.39 is 0 Å². The molecule has 0 unspecified atom stereocenters. The van der Waals surface area contributed by atoms with E-state index in [1.807, 2.05) is 13.0 Å². The number of nitrogens with zero attached hydrogens (tertiary/aromatic N) is 1. The normalized spacial score (nSPS) is 14.1. The SMILES string of the molecule is Cc1cc(N2CCc3ccccc3C2)c2c(=O)ccoc2c1. The van der Waals surface area contributed by atoms with Crippen LogP contribution in [0.15, 0.2) is 57.9 Å². The Labute approximate surface area is 128 Å². The maximum atomic E-state index is 12.3. The lowest BCUT2D eigenvalue weighted by molar-refractivity contribution is 0.602. The third-order valence-corrected chi connectivity index (χ3v) is 4.36. The van der Waals surface area contributed by atoms with Crippen molar-refractivity contribution in [1.29, 1.82) is 0 Å². The molecule has 4 rings (SSSR count). The Morgan fingerprint density at radius 3 is 2.77 bits per heavy atom. The highest BCUT2D eigenvalue weighted by Gasteiger charge is 2.19. The van der Waals surface area contributed by atoms with Crippen LogP contribution in [-0.2, 0) is 13.0 Å². The van der Waals surface area contributed by atoms with Crippen molar-refractivity contribution in [3.8, 4) is 0 Å². The van der Waals surface area contributed by atoms with Gasteiger partial charge < -0.3 is 9.32 Å². The molecule has 0 bridgehead atoms. The first kappa shape index (κ1) is 13.1. The summed E-state index contributed by atoms with van der Waals surface area (Å²) in [6, 6.07) is 14.0. The van der Waals surface area contributed by atoms with Crippen LogP contribution in [0.1, 0.15) is 16.7 Å². The fourth-order valence-corrected chi connectivity index (χ4v) is 3.28. The Morgan fingerprint density at radius 2 is 1.91 bits per heavy atom. The Morgan fingerprint density at radius 1 is 1.09 bits per heavy atom. The van der Waals surface area contributed by atoms with E-state index >= 15 is 0 Å². The van der Waals surface area contributed by atoms with E-state index in [4.69, 9.17) is 4.42 Å². The number of hydrogen-bond donors (Lipinski definition) is 0. The molecule has 1 aliphatic heterocycles. The minimum Gasteiger partial charge on any atom is -0.464 e. The first-order chi connectivity index (χ1) is 10.7. The number of rotatable bonds is 1. The van der Waals surface area contributed by atoms with Crippen molar-refractivity contribution in [2.24, 2.45) is 0 Å². The highest BCUT2D eigenvalue weighted by molar-refractivity contribution is 5.91. The van der Waals surface area contributed by atoms with Gasteiger partial charge in [0, 0.05) is 19.2 Å². The molecule has 2 aromatic carbocycles. The van der Waals surface area contributed by atoms with Gasteiger partial charge in [-0.05, 0) is 42.2 Å². The van der Waals surface area contributed by atoms with Crippen molar-refractivity contribution in [2.75, 3.05) is 11.4 Å². The second-order valence-corrected chi connectivity index (χ2v) is 5.88. The minimum atomic E-state index is 0.0232. The summed E-state index contributed by atoms with van der Waals surface area (Å²) in [5, 5.41) is 0.687. The Bertz CT molecular complexity index is 911. The third-order valence-electron chi connectivity index (χ3n) is 4.36. The molecule has 2 heterocycles. The number of fused-ring (bicyclic) bond motifs is 2. The van der Waals surface area contributed by atoms with Gasteiger partial charge in [-0.25, -0.2) is 0 Å². The monoisotopic (exact) mass is 291 g/mol. The van der Waals surface area contributed by atoms with Crippen LogP contribution < -0.4 is 10.3 Å². The molecule has 1 aliphatic rings. The van der Waals surface area contributed by atoms with Crippen LogP contribution in [0, 0.1) is 6.92 Å². The molecule has 0 saturated heterocycles. The second-order valence-electron chi connectivity index (χ2n) is 5.88. The molecule has 110 valence electrons. The number of hydrogen-bond acceptors (Lipinski definition) is 3. The van der Waals surface area contributed by atoms with Gasteiger partial charge in [-0.1, -0.05) is 24.3 Å². The van der Waals surface area contributed by atoms with Crippen molar-refractivity contribution in [1.82, 2.24) is 0 Å². The smallest absolute Gasteiger partial charge is 0.194 e. The third kappa shape index (κ3) is 2.10. The van der Waals surface area contributed by atoms with E-state index in [9.17, 15) is 4.79 Å². The molecule has 0 amide bonds. The van der Waals surface area contributed by atoms with Gasteiger partial charge in [0.2, 0.25) is 0 Å². The lowest BCUT2D eigenvalue weighted by Crippen LogP contribution is -2.31. The molecule has 1 aromatic heterocycles. The highest BCUT2D eigenvalue weighted by Crippen LogP contribution is 2.30. The van der Waals surface area contributed by atoms with Crippen molar-refractivity contribution in [2.45, 2.75) is 19.9 Å². The largest absolute Gasteiger partial charge is 0.464 e. The summed E-state index contributed by atoms with van der Waals surface area (Å²) < 4.78 is 5.55. The zero-order valence-electron chi connectivity index (χ0n) is 12.5. The molecule has 0 aliphatic carbocycles. The molecule has 0 radical (unpaired) electrons. The summed E-state index contributed by atoms with van der Waals surface area (Å²) in [5.41, 5.74) is 5.53. The second kappa shape index (κ2) is 5.02. The Hall–Kier alpha value is -2.55. The molecule has 3 aromatic rings. The van der Waals surface area contributed by atoms with Gasteiger partial charge in [-0.2, -0.15) is 0 Å². The highest BCUT2D eigenvalue weighted by atomic mass is 16.3. The van der Waals surface area contributed by atoms with Crippen LogP contribution in [0.5, 0.6) is 0 Å². The molecular formula is C19H17NO2. The van der Waals surface area contributed by atoms with E-state index in [0.717, 1.165) is 30.8 Å². The van der Waals surface area contributed by atoms with Gasteiger partial charge in [0.25, 0.3) is 0 Å². The first-order valence-corrected chi connectivity index (χ1v) is 7.56. The van der Waals surface area contributed by atoms with Crippen LogP contribution in [0.3, 0.4) is 0 Å². The Balaban J connectivity index is 1.87. The summed E-state index contributed by atoms with van der Waals surface area (Å²) in [5.74, 6) is 0. The topological polar surface area (TPSA) is 33.5 Å². The quantitative estimate of drug-likeness (QED) is 0.686. The maximum absolute atomic E-state index is 12.3. The standard InChI is InChI=1S/C19H17NO2/c1-13-10-16(19-17(21)7-9-22-18(19)11-13)20-8-6-14-4-2-3-5-15(14)12-20/h2-5,7,9-11H,6,8,12H2,1H3. The van der Waals surface area contributed by atoms with Gasteiger partial charge in [0.15, 0.2) is 5.43 Å². The zero-order chi connectivity index (χ0) is 15.1. The van der Waals surface area contributed by atoms with E-state index in [2.05, 4.69) is 35.2 Å². The first-order valence-electron chi connectivity index (χ1n) is 7.56. The molecular weight excluding hydrogens is 274 g/mol. The van der Waals surface area contributed by atoms with Gasteiger partial charge in [0.05, 0.1) is 17.3 Å². The maximum Gasteiger partial charge on any atom is 0.194 e. The number of anilines is 1. The molecule has 0 spiro atoms. The van der Waals surface area contributed by atoms with Crippen molar-refractivity contribution < 1.29 is 4.42 Å². The fraction of sp³-hybridized carbons (Fsp3) is 0.211. The van der Waals surface area contributed by atoms with Crippen LogP contribution in [0.2, 0.25) is 0 Å².